The zero-order chi connectivity index (χ0) is 18.7. The smallest absolute Gasteiger partial charge is 0.271 e. The number of anilines is 2. The molecule has 0 aliphatic carbocycles. The summed E-state index contributed by atoms with van der Waals surface area (Å²) < 4.78 is 0. The molecule has 1 aliphatic rings. The van der Waals surface area contributed by atoms with Gasteiger partial charge in [-0.15, -0.1) is 0 Å². The van der Waals surface area contributed by atoms with Crippen LogP contribution in [0.3, 0.4) is 0 Å². The van der Waals surface area contributed by atoms with Crippen LogP contribution in [-0.4, -0.2) is 29.4 Å². The number of nitrogens with one attached hydrogen (secondary N) is 1. The normalized spacial score (nSPS) is 16.1. The number of hydrazone groups is 1. The highest BCUT2D eigenvalue weighted by Crippen LogP contribution is 2.25. The van der Waals surface area contributed by atoms with Crippen molar-refractivity contribution in [3.8, 4) is 0 Å². The second-order valence-electron chi connectivity index (χ2n) is 5.92. The Morgan fingerprint density at radius 2 is 1.73 bits per heavy atom. The van der Waals surface area contributed by atoms with Gasteiger partial charge in [-0.3, -0.25) is 19.4 Å². The maximum Gasteiger partial charge on any atom is 0.271 e. The van der Waals surface area contributed by atoms with Crippen molar-refractivity contribution in [2.45, 2.75) is 19.4 Å². The molecule has 26 heavy (non-hydrogen) atoms. The first-order valence-corrected chi connectivity index (χ1v) is 8.09. The largest absolute Gasteiger partial charge is 0.366 e. The number of rotatable bonds is 5. The van der Waals surface area contributed by atoms with Gasteiger partial charge in [0.15, 0.2) is 5.78 Å². The van der Waals surface area contributed by atoms with Crippen LogP contribution in [-0.2, 0) is 9.59 Å². The summed E-state index contributed by atoms with van der Waals surface area (Å²) in [6.45, 7) is 1.47. The zero-order valence-electron chi connectivity index (χ0n) is 14.2. The molecule has 7 nitrogen and oxygen atoms in total. The average Bonchev–Trinajstić information content (AvgIpc) is 3.08. The van der Waals surface area contributed by atoms with Gasteiger partial charge in [0.05, 0.1) is 16.9 Å². The molecular formula is C19H18N4O3. The van der Waals surface area contributed by atoms with Gasteiger partial charge >= 0.3 is 0 Å². The molecule has 1 atom stereocenters. The molecule has 0 bridgehead atoms. The Kier molecular flexibility index (Phi) is 4.79. The molecule has 0 spiro atoms. The van der Waals surface area contributed by atoms with Crippen molar-refractivity contribution in [1.29, 1.82) is 0 Å². The SMILES string of the molecule is CC(=O)C1CC(C(=O)Nc2ccccc2C(N)=O)=NN1c1ccccc1. The number of carbonyl (C=O) groups excluding carboxylic acids is 3. The molecule has 3 N–H and O–H groups in total. The van der Waals surface area contributed by atoms with Crippen molar-refractivity contribution in [1.82, 2.24) is 0 Å². The number of nitrogens with two attached hydrogens (primary N) is 1. The van der Waals surface area contributed by atoms with E-state index in [1.807, 2.05) is 30.3 Å². The molecule has 3 rings (SSSR count). The van der Waals surface area contributed by atoms with Crippen molar-refractivity contribution in [2.24, 2.45) is 10.8 Å². The molecule has 132 valence electrons. The highest BCUT2D eigenvalue weighted by Gasteiger charge is 2.34. The summed E-state index contributed by atoms with van der Waals surface area (Å²) in [5.41, 5.74) is 6.80. The molecule has 0 aromatic heterocycles. The van der Waals surface area contributed by atoms with Gasteiger partial charge < -0.3 is 11.1 Å². The number of para-hydroxylation sites is 2. The first kappa shape index (κ1) is 17.3. The summed E-state index contributed by atoms with van der Waals surface area (Å²) >= 11 is 0. The van der Waals surface area contributed by atoms with E-state index in [0.29, 0.717) is 5.69 Å². The molecule has 1 unspecified atom stereocenters. The molecule has 0 radical (unpaired) electrons. The molecule has 1 heterocycles. The van der Waals surface area contributed by atoms with Crippen LogP contribution >= 0.6 is 0 Å². The molecular weight excluding hydrogens is 332 g/mol. The van der Waals surface area contributed by atoms with Crippen LogP contribution in [0.1, 0.15) is 23.7 Å². The Labute approximate surface area is 150 Å². The molecule has 0 saturated carbocycles. The first-order valence-electron chi connectivity index (χ1n) is 8.09. The van der Waals surface area contributed by atoms with E-state index in [0.717, 1.165) is 5.69 Å². The number of benzene rings is 2. The summed E-state index contributed by atoms with van der Waals surface area (Å²) in [5, 5.41) is 8.54. The number of Topliss-reactive ketones (excluding diaryl/α,β-unsaturated/α-hetero) is 1. The van der Waals surface area contributed by atoms with E-state index in [-0.39, 0.29) is 23.5 Å². The molecule has 0 saturated heterocycles. The monoisotopic (exact) mass is 350 g/mol. The minimum absolute atomic E-state index is 0.0852. The van der Waals surface area contributed by atoms with Gasteiger partial charge in [-0.25, -0.2) is 0 Å². The first-order chi connectivity index (χ1) is 12.5. The van der Waals surface area contributed by atoms with E-state index >= 15 is 0 Å². The van der Waals surface area contributed by atoms with E-state index in [1.165, 1.54) is 13.0 Å². The Bertz CT molecular complexity index is 893. The van der Waals surface area contributed by atoms with E-state index in [1.54, 1.807) is 23.2 Å². The molecule has 7 heteroatoms. The molecule has 2 aromatic rings. The Morgan fingerprint density at radius 3 is 2.38 bits per heavy atom. The lowest BCUT2D eigenvalue weighted by Gasteiger charge is -2.20. The van der Waals surface area contributed by atoms with Crippen molar-refractivity contribution in [3.63, 3.8) is 0 Å². The van der Waals surface area contributed by atoms with E-state index < -0.39 is 17.9 Å². The molecule has 0 fully saturated rings. The number of hydrogen-bond acceptors (Lipinski definition) is 5. The molecule has 1 aliphatic heterocycles. The van der Waals surface area contributed by atoms with Crippen LogP contribution in [0.2, 0.25) is 0 Å². The Hall–Kier alpha value is -3.48. The number of carbonyl (C=O) groups is 3. The van der Waals surface area contributed by atoms with Gasteiger partial charge in [-0.05, 0) is 31.2 Å². The fraction of sp³-hybridized carbons (Fsp3) is 0.158. The average molecular weight is 350 g/mol. The van der Waals surface area contributed by atoms with Crippen molar-refractivity contribution >= 4 is 34.7 Å². The lowest BCUT2D eigenvalue weighted by Crippen LogP contribution is -2.33. The molecule has 2 aromatic carbocycles. The minimum Gasteiger partial charge on any atom is -0.366 e. The van der Waals surface area contributed by atoms with Crippen LogP contribution in [0.4, 0.5) is 11.4 Å². The van der Waals surface area contributed by atoms with E-state index in [2.05, 4.69) is 10.4 Å². The third-order valence-electron chi connectivity index (χ3n) is 4.10. The number of primary amides is 1. The van der Waals surface area contributed by atoms with Crippen LogP contribution in [0.25, 0.3) is 0 Å². The summed E-state index contributed by atoms with van der Waals surface area (Å²) in [4.78, 5) is 36.1. The Morgan fingerprint density at radius 1 is 1.08 bits per heavy atom. The van der Waals surface area contributed by atoms with E-state index in [4.69, 9.17) is 5.73 Å². The topological polar surface area (TPSA) is 105 Å². The van der Waals surface area contributed by atoms with Crippen molar-refractivity contribution in [3.05, 3.63) is 60.2 Å². The van der Waals surface area contributed by atoms with Gasteiger partial charge in [0.2, 0.25) is 0 Å². The van der Waals surface area contributed by atoms with E-state index in [9.17, 15) is 14.4 Å². The van der Waals surface area contributed by atoms with Crippen molar-refractivity contribution in [2.75, 3.05) is 10.3 Å². The summed E-state index contributed by atoms with van der Waals surface area (Å²) in [6, 6.07) is 15.1. The summed E-state index contributed by atoms with van der Waals surface area (Å²) in [5.74, 6) is -1.19. The zero-order valence-corrected chi connectivity index (χ0v) is 14.2. The van der Waals surface area contributed by atoms with Crippen LogP contribution < -0.4 is 16.1 Å². The maximum absolute atomic E-state index is 12.6. The van der Waals surface area contributed by atoms with Gasteiger partial charge in [0.1, 0.15) is 11.8 Å². The Balaban J connectivity index is 1.86. The number of amides is 2. The quantitative estimate of drug-likeness (QED) is 0.860. The standard InChI is InChI=1S/C19H18N4O3/c1-12(24)17-11-16(22-23(17)13-7-3-2-4-8-13)19(26)21-15-10-6-5-9-14(15)18(20)25/h2-10,17H,11H2,1H3,(H2,20,25)(H,21,26). The molecule has 2 amide bonds. The van der Waals surface area contributed by atoms with Gasteiger partial charge in [-0.1, -0.05) is 30.3 Å². The fourth-order valence-corrected chi connectivity index (χ4v) is 2.78. The number of ketones is 1. The minimum atomic E-state index is -0.637. The second kappa shape index (κ2) is 7.18. The maximum atomic E-state index is 12.6. The second-order valence-corrected chi connectivity index (χ2v) is 5.92. The number of nitrogens with zero attached hydrogens (tertiary/aromatic N) is 2. The number of hydrogen-bond donors (Lipinski definition) is 2. The third-order valence-corrected chi connectivity index (χ3v) is 4.10. The van der Waals surface area contributed by atoms with Gasteiger partial charge in [0, 0.05) is 6.42 Å². The lowest BCUT2D eigenvalue weighted by atomic mass is 10.1. The predicted octanol–water partition coefficient (Wildman–Crippen LogP) is 1.95. The van der Waals surface area contributed by atoms with Crippen LogP contribution in [0, 0.1) is 0 Å². The summed E-state index contributed by atoms with van der Waals surface area (Å²) in [7, 11) is 0. The van der Waals surface area contributed by atoms with Gasteiger partial charge in [-0.2, -0.15) is 5.10 Å². The van der Waals surface area contributed by atoms with Crippen molar-refractivity contribution < 1.29 is 14.4 Å². The summed E-state index contributed by atoms with van der Waals surface area (Å²) in [6.07, 6.45) is 0.189. The highest BCUT2D eigenvalue weighted by atomic mass is 16.2. The van der Waals surface area contributed by atoms with Crippen LogP contribution in [0.15, 0.2) is 59.7 Å². The highest BCUT2D eigenvalue weighted by molar-refractivity contribution is 6.44. The lowest BCUT2D eigenvalue weighted by molar-refractivity contribution is -0.118. The predicted molar refractivity (Wildman–Crippen MR) is 99.0 cm³/mol. The van der Waals surface area contributed by atoms with Gasteiger partial charge in [0.25, 0.3) is 11.8 Å². The fourth-order valence-electron chi connectivity index (χ4n) is 2.78. The van der Waals surface area contributed by atoms with Crippen LogP contribution in [0.5, 0.6) is 0 Å². The third kappa shape index (κ3) is 3.46.